The quantitative estimate of drug-likeness (QED) is 0.881. The molecule has 1 saturated heterocycles. The third-order valence-electron chi connectivity index (χ3n) is 3.31. The number of rotatable bonds is 5. The molecule has 0 saturated carbocycles. The number of anilines is 1. The number of aromatic nitrogens is 2. The van der Waals surface area contributed by atoms with Crippen LogP contribution in [0, 0.1) is 6.92 Å². The summed E-state index contributed by atoms with van der Waals surface area (Å²) in [5, 5.41) is 3.32. The molecule has 1 aliphatic heterocycles. The average molecular weight is 264 g/mol. The van der Waals surface area contributed by atoms with Gasteiger partial charge in [0.25, 0.3) is 0 Å². The third kappa shape index (κ3) is 3.88. The molecule has 5 nitrogen and oxygen atoms in total. The molecule has 1 atom stereocenters. The Labute approximate surface area is 115 Å². The molecule has 106 valence electrons. The first-order valence-corrected chi connectivity index (χ1v) is 7.16. The van der Waals surface area contributed by atoms with Crippen LogP contribution in [-0.2, 0) is 4.74 Å². The summed E-state index contributed by atoms with van der Waals surface area (Å²) in [5.41, 5.74) is 0.987. The van der Waals surface area contributed by atoms with Crippen LogP contribution in [0.1, 0.15) is 37.9 Å². The Kier molecular flexibility index (Phi) is 5.10. The van der Waals surface area contributed by atoms with E-state index in [2.05, 4.69) is 34.0 Å². The van der Waals surface area contributed by atoms with E-state index < -0.39 is 0 Å². The van der Waals surface area contributed by atoms with Gasteiger partial charge in [-0.1, -0.05) is 13.8 Å². The van der Waals surface area contributed by atoms with Crippen LogP contribution in [0.3, 0.4) is 0 Å². The van der Waals surface area contributed by atoms with Gasteiger partial charge in [0.05, 0.1) is 6.61 Å². The minimum Gasteiger partial charge on any atom is -0.370 e. The number of hydrogen-bond acceptors (Lipinski definition) is 5. The predicted molar refractivity (Wildman–Crippen MR) is 76.4 cm³/mol. The van der Waals surface area contributed by atoms with E-state index in [1.165, 1.54) is 0 Å². The molecule has 0 radical (unpaired) electrons. The highest BCUT2D eigenvalue weighted by Gasteiger charge is 2.23. The Morgan fingerprint density at radius 2 is 2.26 bits per heavy atom. The van der Waals surface area contributed by atoms with Gasteiger partial charge >= 0.3 is 0 Å². The lowest BCUT2D eigenvalue weighted by Gasteiger charge is -2.31. The summed E-state index contributed by atoms with van der Waals surface area (Å²) in [4.78, 5) is 11.5. The highest BCUT2D eigenvalue weighted by Crippen LogP contribution is 2.20. The molecule has 2 rings (SSSR count). The largest absolute Gasteiger partial charge is 0.370 e. The lowest BCUT2D eigenvalue weighted by atomic mass is 10.2. The Morgan fingerprint density at radius 1 is 1.42 bits per heavy atom. The maximum Gasteiger partial charge on any atom is 0.161 e. The zero-order chi connectivity index (χ0) is 13.7. The second-order valence-corrected chi connectivity index (χ2v) is 4.93. The molecule has 19 heavy (non-hydrogen) atoms. The fraction of sp³-hybridized carbons (Fsp3) is 0.714. The highest BCUT2D eigenvalue weighted by molar-refractivity contribution is 5.36. The molecule has 1 aromatic rings. The van der Waals surface area contributed by atoms with E-state index in [0.29, 0.717) is 0 Å². The van der Waals surface area contributed by atoms with Gasteiger partial charge in [0, 0.05) is 31.4 Å². The summed E-state index contributed by atoms with van der Waals surface area (Å²) in [6.45, 7) is 10.9. The predicted octanol–water partition coefficient (Wildman–Crippen LogP) is 2.00. The second kappa shape index (κ2) is 6.82. The van der Waals surface area contributed by atoms with Gasteiger partial charge in [0.1, 0.15) is 11.9 Å². The fourth-order valence-electron chi connectivity index (χ4n) is 2.23. The van der Waals surface area contributed by atoms with Crippen LogP contribution < -0.4 is 5.32 Å². The molecule has 0 bridgehead atoms. The number of likely N-dealkylation sites (N-methyl/N-ethyl adjacent to an activating group) is 1. The molecular weight excluding hydrogens is 240 g/mol. The molecule has 1 fully saturated rings. The van der Waals surface area contributed by atoms with Crippen molar-refractivity contribution in [2.75, 3.05) is 38.1 Å². The standard InChI is InChI=1S/C14H24N4O/c1-4-6-15-13-9-11(3)16-14(17-13)12-10-18(5-2)7-8-19-12/h9,12H,4-8,10H2,1-3H3,(H,15,16,17). The van der Waals surface area contributed by atoms with Crippen molar-refractivity contribution in [3.8, 4) is 0 Å². The number of aryl methyl sites for hydroxylation is 1. The van der Waals surface area contributed by atoms with Crippen LogP contribution in [0.5, 0.6) is 0 Å². The smallest absolute Gasteiger partial charge is 0.161 e. The van der Waals surface area contributed by atoms with E-state index in [-0.39, 0.29) is 6.10 Å². The van der Waals surface area contributed by atoms with Crippen LogP contribution in [0.25, 0.3) is 0 Å². The van der Waals surface area contributed by atoms with Gasteiger partial charge in [-0.3, -0.25) is 4.90 Å². The molecule has 0 amide bonds. The topological polar surface area (TPSA) is 50.3 Å². The molecule has 2 heterocycles. The first-order valence-electron chi connectivity index (χ1n) is 7.16. The minimum absolute atomic E-state index is 0.00391. The van der Waals surface area contributed by atoms with E-state index in [9.17, 15) is 0 Å². The Hall–Kier alpha value is -1.20. The summed E-state index contributed by atoms with van der Waals surface area (Å²) in [7, 11) is 0. The van der Waals surface area contributed by atoms with Crippen LogP contribution in [0.4, 0.5) is 5.82 Å². The lowest BCUT2D eigenvalue weighted by molar-refractivity contribution is -0.0325. The molecule has 1 unspecified atom stereocenters. The normalized spacial score (nSPS) is 20.5. The van der Waals surface area contributed by atoms with Crippen molar-refractivity contribution in [1.29, 1.82) is 0 Å². The van der Waals surface area contributed by atoms with Gasteiger partial charge < -0.3 is 10.1 Å². The number of hydrogen-bond donors (Lipinski definition) is 1. The van der Waals surface area contributed by atoms with Gasteiger partial charge in [-0.2, -0.15) is 0 Å². The summed E-state index contributed by atoms with van der Waals surface area (Å²) < 4.78 is 5.82. The minimum atomic E-state index is -0.00391. The van der Waals surface area contributed by atoms with Gasteiger partial charge in [-0.25, -0.2) is 9.97 Å². The molecule has 1 aromatic heterocycles. The van der Waals surface area contributed by atoms with Crippen molar-refractivity contribution in [1.82, 2.24) is 14.9 Å². The van der Waals surface area contributed by atoms with E-state index in [1.54, 1.807) is 0 Å². The molecule has 0 aliphatic carbocycles. The number of morpholine rings is 1. The van der Waals surface area contributed by atoms with Crippen LogP contribution in [-0.4, -0.2) is 47.7 Å². The molecule has 1 aliphatic rings. The summed E-state index contributed by atoms with van der Waals surface area (Å²) in [6, 6.07) is 1.99. The van der Waals surface area contributed by atoms with Gasteiger partial charge in [0.15, 0.2) is 5.82 Å². The van der Waals surface area contributed by atoms with Crippen molar-refractivity contribution in [2.24, 2.45) is 0 Å². The van der Waals surface area contributed by atoms with E-state index in [4.69, 9.17) is 4.74 Å². The molecular formula is C14H24N4O. The van der Waals surface area contributed by atoms with Crippen molar-refractivity contribution in [3.63, 3.8) is 0 Å². The first kappa shape index (κ1) is 14.2. The van der Waals surface area contributed by atoms with Crippen molar-refractivity contribution in [2.45, 2.75) is 33.3 Å². The number of ether oxygens (including phenoxy) is 1. The van der Waals surface area contributed by atoms with Crippen molar-refractivity contribution in [3.05, 3.63) is 17.6 Å². The zero-order valence-corrected chi connectivity index (χ0v) is 12.1. The third-order valence-corrected chi connectivity index (χ3v) is 3.31. The maximum atomic E-state index is 5.82. The molecule has 0 spiro atoms. The van der Waals surface area contributed by atoms with Crippen LogP contribution in [0.2, 0.25) is 0 Å². The molecule has 0 aromatic carbocycles. The molecule has 1 N–H and O–H groups in total. The Bertz CT molecular complexity index is 410. The number of nitrogens with one attached hydrogen (secondary N) is 1. The van der Waals surface area contributed by atoms with E-state index >= 15 is 0 Å². The highest BCUT2D eigenvalue weighted by atomic mass is 16.5. The second-order valence-electron chi connectivity index (χ2n) is 4.93. The van der Waals surface area contributed by atoms with Gasteiger partial charge in [-0.05, 0) is 19.9 Å². The fourth-order valence-corrected chi connectivity index (χ4v) is 2.23. The summed E-state index contributed by atoms with van der Waals surface area (Å²) in [5.74, 6) is 1.71. The van der Waals surface area contributed by atoms with Crippen molar-refractivity contribution < 1.29 is 4.74 Å². The monoisotopic (exact) mass is 264 g/mol. The van der Waals surface area contributed by atoms with E-state index in [1.807, 2.05) is 13.0 Å². The van der Waals surface area contributed by atoms with Gasteiger partial charge in [0.2, 0.25) is 0 Å². The van der Waals surface area contributed by atoms with Crippen LogP contribution in [0.15, 0.2) is 6.07 Å². The van der Waals surface area contributed by atoms with Crippen LogP contribution >= 0.6 is 0 Å². The van der Waals surface area contributed by atoms with Gasteiger partial charge in [-0.15, -0.1) is 0 Å². The SMILES string of the molecule is CCCNc1cc(C)nc(C2CN(CC)CCO2)n1. The molecule has 5 heteroatoms. The maximum absolute atomic E-state index is 5.82. The summed E-state index contributed by atoms with van der Waals surface area (Å²) >= 11 is 0. The lowest BCUT2D eigenvalue weighted by Crippen LogP contribution is -2.38. The van der Waals surface area contributed by atoms with E-state index in [0.717, 1.165) is 56.5 Å². The zero-order valence-electron chi connectivity index (χ0n) is 12.1. The van der Waals surface area contributed by atoms with Crippen molar-refractivity contribution >= 4 is 5.82 Å². The summed E-state index contributed by atoms with van der Waals surface area (Å²) in [6.07, 6.45) is 1.08. The Morgan fingerprint density at radius 3 is 3.00 bits per heavy atom. The first-order chi connectivity index (χ1) is 9.22. The number of nitrogens with zero attached hydrogens (tertiary/aromatic N) is 3. The Balaban J connectivity index is 2.11. The average Bonchev–Trinajstić information content (AvgIpc) is 2.44.